The first-order chi connectivity index (χ1) is 7.90. The van der Waals surface area contributed by atoms with Crippen molar-refractivity contribution in [3.8, 4) is 0 Å². The number of halogens is 2. The molecule has 0 fully saturated rings. The van der Waals surface area contributed by atoms with Gasteiger partial charge in [0, 0.05) is 15.0 Å². The molecule has 94 valence electrons. The van der Waals surface area contributed by atoms with Gasteiger partial charge in [-0.2, -0.15) is 0 Å². The van der Waals surface area contributed by atoms with Crippen molar-refractivity contribution in [1.82, 2.24) is 5.32 Å². The predicted octanol–water partition coefficient (Wildman–Crippen LogP) is 4.38. The summed E-state index contributed by atoms with van der Waals surface area (Å²) in [6, 6.07) is 5.75. The Hall–Kier alpha value is -0.350. The zero-order chi connectivity index (χ0) is 13.0. The molecule has 17 heavy (non-hydrogen) atoms. The number of rotatable bonds is 4. The zero-order valence-electron chi connectivity index (χ0n) is 10.3. The van der Waals surface area contributed by atoms with Gasteiger partial charge in [0.1, 0.15) is 0 Å². The van der Waals surface area contributed by atoms with Crippen molar-refractivity contribution in [2.75, 3.05) is 0 Å². The van der Waals surface area contributed by atoms with Gasteiger partial charge in [-0.15, -0.1) is 0 Å². The fourth-order valence-corrected chi connectivity index (χ4v) is 2.97. The highest BCUT2D eigenvalue weighted by Gasteiger charge is 2.13. The molecule has 0 aliphatic heterocycles. The number of amides is 1. The monoisotopic (exact) mass is 361 g/mol. The molecule has 0 saturated heterocycles. The molecule has 1 amide bonds. The molecule has 1 rings (SSSR count). The average Bonchev–Trinajstić information content (AvgIpc) is 2.15. The van der Waals surface area contributed by atoms with Gasteiger partial charge in [-0.05, 0) is 53.4 Å². The van der Waals surface area contributed by atoms with E-state index in [2.05, 4.69) is 51.0 Å². The van der Waals surface area contributed by atoms with E-state index in [0.717, 1.165) is 15.4 Å². The van der Waals surface area contributed by atoms with E-state index in [-0.39, 0.29) is 11.9 Å². The standard InChI is InChI=1S/C13H17Br2NO/c1-8(2)6-9(3)16-13(17)11-5-4-10(14)7-12(11)15/h4-5,7-9H,6H2,1-3H3,(H,16,17). The van der Waals surface area contributed by atoms with Crippen molar-refractivity contribution in [1.29, 1.82) is 0 Å². The number of hydrogen-bond donors (Lipinski definition) is 1. The average molecular weight is 363 g/mol. The van der Waals surface area contributed by atoms with Gasteiger partial charge in [0.25, 0.3) is 5.91 Å². The number of carbonyl (C=O) groups excluding carboxylic acids is 1. The van der Waals surface area contributed by atoms with Crippen LogP contribution in [0.25, 0.3) is 0 Å². The Morgan fingerprint density at radius 2 is 1.94 bits per heavy atom. The molecule has 1 unspecified atom stereocenters. The largest absolute Gasteiger partial charge is 0.350 e. The fraction of sp³-hybridized carbons (Fsp3) is 0.462. The second kappa shape index (κ2) is 6.55. The van der Waals surface area contributed by atoms with Crippen LogP contribution in [0.15, 0.2) is 27.1 Å². The third-order valence-electron chi connectivity index (χ3n) is 2.38. The summed E-state index contributed by atoms with van der Waals surface area (Å²) in [5, 5.41) is 3.00. The van der Waals surface area contributed by atoms with E-state index in [9.17, 15) is 4.79 Å². The zero-order valence-corrected chi connectivity index (χ0v) is 13.4. The normalized spacial score (nSPS) is 12.6. The molecule has 1 atom stereocenters. The van der Waals surface area contributed by atoms with Crippen LogP contribution < -0.4 is 5.32 Å². The Balaban J connectivity index is 2.70. The molecule has 0 spiro atoms. The molecule has 0 aromatic heterocycles. The van der Waals surface area contributed by atoms with E-state index in [4.69, 9.17) is 0 Å². The van der Waals surface area contributed by atoms with Gasteiger partial charge in [-0.3, -0.25) is 4.79 Å². The quantitative estimate of drug-likeness (QED) is 0.846. The summed E-state index contributed by atoms with van der Waals surface area (Å²) in [5.74, 6) is 0.552. The number of benzene rings is 1. The smallest absolute Gasteiger partial charge is 0.252 e. The maximum Gasteiger partial charge on any atom is 0.252 e. The molecule has 0 heterocycles. The summed E-state index contributed by atoms with van der Waals surface area (Å²) in [7, 11) is 0. The lowest BCUT2D eigenvalue weighted by Crippen LogP contribution is -2.33. The molecule has 1 aromatic rings. The number of nitrogens with one attached hydrogen (secondary N) is 1. The third kappa shape index (κ3) is 4.80. The molecule has 0 saturated carbocycles. The van der Waals surface area contributed by atoms with Gasteiger partial charge in [0.15, 0.2) is 0 Å². The molecule has 0 radical (unpaired) electrons. The Bertz CT molecular complexity index is 404. The van der Waals surface area contributed by atoms with Crippen molar-refractivity contribution < 1.29 is 4.79 Å². The first kappa shape index (κ1) is 14.7. The van der Waals surface area contributed by atoms with Gasteiger partial charge in [0.2, 0.25) is 0 Å². The first-order valence-electron chi connectivity index (χ1n) is 5.66. The van der Waals surface area contributed by atoms with Crippen molar-refractivity contribution >= 4 is 37.8 Å². The van der Waals surface area contributed by atoms with Crippen LogP contribution in [-0.2, 0) is 0 Å². The van der Waals surface area contributed by atoms with E-state index in [0.29, 0.717) is 11.5 Å². The van der Waals surface area contributed by atoms with Crippen LogP contribution in [0.5, 0.6) is 0 Å². The maximum atomic E-state index is 12.0. The Kier molecular flexibility index (Phi) is 5.67. The molecule has 0 bridgehead atoms. The second-order valence-electron chi connectivity index (χ2n) is 4.63. The van der Waals surface area contributed by atoms with Crippen LogP contribution in [0.1, 0.15) is 37.6 Å². The van der Waals surface area contributed by atoms with E-state index in [1.165, 1.54) is 0 Å². The summed E-state index contributed by atoms with van der Waals surface area (Å²) in [6.07, 6.45) is 0.986. The summed E-state index contributed by atoms with van der Waals surface area (Å²) >= 11 is 6.76. The van der Waals surface area contributed by atoms with E-state index < -0.39 is 0 Å². The second-order valence-corrected chi connectivity index (χ2v) is 6.40. The van der Waals surface area contributed by atoms with Crippen LogP contribution in [0.4, 0.5) is 0 Å². The van der Waals surface area contributed by atoms with E-state index in [1.54, 1.807) is 0 Å². The van der Waals surface area contributed by atoms with Gasteiger partial charge < -0.3 is 5.32 Å². The van der Waals surface area contributed by atoms with E-state index >= 15 is 0 Å². The molecular weight excluding hydrogens is 346 g/mol. The van der Waals surface area contributed by atoms with E-state index in [1.807, 2.05) is 25.1 Å². The Labute approximate surface area is 119 Å². The van der Waals surface area contributed by atoms with Crippen LogP contribution in [0.2, 0.25) is 0 Å². The molecule has 4 heteroatoms. The fourth-order valence-electron chi connectivity index (χ4n) is 1.74. The van der Waals surface area contributed by atoms with Crippen molar-refractivity contribution in [3.63, 3.8) is 0 Å². The summed E-state index contributed by atoms with van der Waals surface area (Å²) in [6.45, 7) is 6.33. The Morgan fingerprint density at radius 1 is 1.29 bits per heavy atom. The van der Waals surface area contributed by atoms with Gasteiger partial charge in [0.05, 0.1) is 5.56 Å². The lowest BCUT2D eigenvalue weighted by atomic mass is 10.0. The predicted molar refractivity (Wildman–Crippen MR) is 78.2 cm³/mol. The van der Waals surface area contributed by atoms with Crippen molar-refractivity contribution in [2.24, 2.45) is 5.92 Å². The van der Waals surface area contributed by atoms with Crippen LogP contribution in [0.3, 0.4) is 0 Å². The van der Waals surface area contributed by atoms with Crippen LogP contribution >= 0.6 is 31.9 Å². The molecule has 0 aliphatic rings. The van der Waals surface area contributed by atoms with Crippen LogP contribution in [-0.4, -0.2) is 11.9 Å². The van der Waals surface area contributed by atoms with Crippen molar-refractivity contribution in [3.05, 3.63) is 32.7 Å². The highest BCUT2D eigenvalue weighted by molar-refractivity contribution is 9.11. The molecule has 1 N–H and O–H groups in total. The molecule has 2 nitrogen and oxygen atoms in total. The van der Waals surface area contributed by atoms with Crippen LogP contribution in [0, 0.1) is 5.92 Å². The first-order valence-corrected chi connectivity index (χ1v) is 7.24. The minimum atomic E-state index is -0.0301. The Morgan fingerprint density at radius 3 is 2.47 bits per heavy atom. The lowest BCUT2D eigenvalue weighted by molar-refractivity contribution is 0.0935. The topological polar surface area (TPSA) is 29.1 Å². The molecular formula is C13H17Br2NO. The third-order valence-corrected chi connectivity index (χ3v) is 3.53. The summed E-state index contributed by atoms with van der Waals surface area (Å²) in [4.78, 5) is 12.0. The minimum Gasteiger partial charge on any atom is -0.350 e. The number of carbonyl (C=O) groups is 1. The highest BCUT2D eigenvalue weighted by Crippen LogP contribution is 2.22. The van der Waals surface area contributed by atoms with Gasteiger partial charge in [-0.1, -0.05) is 29.8 Å². The highest BCUT2D eigenvalue weighted by atomic mass is 79.9. The molecule has 0 aliphatic carbocycles. The molecule has 1 aromatic carbocycles. The maximum absolute atomic E-state index is 12.0. The van der Waals surface area contributed by atoms with Gasteiger partial charge in [-0.25, -0.2) is 0 Å². The minimum absolute atomic E-state index is 0.0301. The summed E-state index contributed by atoms with van der Waals surface area (Å²) in [5.41, 5.74) is 0.670. The van der Waals surface area contributed by atoms with Crippen molar-refractivity contribution in [2.45, 2.75) is 33.2 Å². The SMILES string of the molecule is CC(C)CC(C)NC(=O)c1ccc(Br)cc1Br. The number of hydrogen-bond acceptors (Lipinski definition) is 1. The van der Waals surface area contributed by atoms with Gasteiger partial charge >= 0.3 is 0 Å². The summed E-state index contributed by atoms with van der Waals surface area (Å²) < 4.78 is 1.76. The lowest BCUT2D eigenvalue weighted by Gasteiger charge is -2.16.